The maximum Gasteiger partial charge on any atom is 0.274 e. The Morgan fingerprint density at radius 3 is 2.47 bits per heavy atom. The second kappa shape index (κ2) is 3.53. The maximum atomic E-state index is 13.2. The molecule has 0 saturated carbocycles. The second-order valence-electron chi connectivity index (χ2n) is 2.62. The van der Waals surface area contributed by atoms with E-state index in [1.807, 2.05) is 0 Å². The first-order valence-electron chi connectivity index (χ1n) is 3.72. The van der Waals surface area contributed by atoms with E-state index in [-0.39, 0.29) is 15.4 Å². The minimum Gasteiger partial charge on any atom is -0.473 e. The standard InChI is InChI=1S/C8H3ClF3NOS/c1-14-8-13-6-2(9)3(10)4(11)5(12)7(6)15-8/h1H3. The fourth-order valence-electron chi connectivity index (χ4n) is 1.08. The van der Waals surface area contributed by atoms with Crippen molar-refractivity contribution in [1.82, 2.24) is 4.98 Å². The lowest BCUT2D eigenvalue weighted by molar-refractivity contribution is 0.413. The molecule has 2 rings (SSSR count). The van der Waals surface area contributed by atoms with E-state index in [0.29, 0.717) is 0 Å². The summed E-state index contributed by atoms with van der Waals surface area (Å²) in [6.07, 6.45) is 0. The van der Waals surface area contributed by atoms with E-state index in [9.17, 15) is 13.2 Å². The third-order valence-corrected chi connectivity index (χ3v) is 3.12. The van der Waals surface area contributed by atoms with Crippen LogP contribution >= 0.6 is 22.9 Å². The van der Waals surface area contributed by atoms with Crippen LogP contribution in [0.4, 0.5) is 13.2 Å². The summed E-state index contributed by atoms with van der Waals surface area (Å²) < 4.78 is 43.7. The number of hydrogen-bond acceptors (Lipinski definition) is 3. The molecule has 0 N–H and O–H groups in total. The van der Waals surface area contributed by atoms with Gasteiger partial charge in [-0.25, -0.2) is 18.2 Å². The Kier molecular flexibility index (Phi) is 2.47. The van der Waals surface area contributed by atoms with Gasteiger partial charge in [-0.05, 0) is 0 Å². The molecule has 7 heteroatoms. The van der Waals surface area contributed by atoms with Crippen LogP contribution in [0.3, 0.4) is 0 Å². The minimum atomic E-state index is -1.60. The van der Waals surface area contributed by atoms with E-state index in [1.165, 1.54) is 7.11 Å². The van der Waals surface area contributed by atoms with Gasteiger partial charge in [-0.2, -0.15) is 0 Å². The van der Waals surface area contributed by atoms with Crippen LogP contribution in [-0.4, -0.2) is 12.1 Å². The molecular formula is C8H3ClF3NOS. The molecular weight excluding hydrogens is 251 g/mol. The first kappa shape index (κ1) is 10.5. The summed E-state index contributed by atoms with van der Waals surface area (Å²) in [6.45, 7) is 0. The van der Waals surface area contributed by atoms with Gasteiger partial charge in [-0.3, -0.25) is 0 Å². The number of thiazole rings is 1. The molecule has 0 aliphatic carbocycles. The molecule has 15 heavy (non-hydrogen) atoms. The van der Waals surface area contributed by atoms with Crippen molar-refractivity contribution >= 4 is 33.2 Å². The zero-order chi connectivity index (χ0) is 11.2. The van der Waals surface area contributed by atoms with Crippen LogP contribution in [0.15, 0.2) is 0 Å². The van der Waals surface area contributed by atoms with Gasteiger partial charge in [0.15, 0.2) is 17.5 Å². The average molecular weight is 254 g/mol. The molecule has 0 saturated heterocycles. The molecule has 0 radical (unpaired) electrons. The van der Waals surface area contributed by atoms with Crippen LogP contribution in [0.25, 0.3) is 10.2 Å². The van der Waals surface area contributed by atoms with Crippen LogP contribution < -0.4 is 4.74 Å². The Hall–Kier alpha value is -1.01. The smallest absolute Gasteiger partial charge is 0.274 e. The van der Waals surface area contributed by atoms with Gasteiger partial charge in [-0.15, -0.1) is 0 Å². The zero-order valence-electron chi connectivity index (χ0n) is 7.28. The molecule has 0 atom stereocenters. The number of ether oxygens (including phenoxy) is 1. The topological polar surface area (TPSA) is 22.1 Å². The number of halogens is 4. The van der Waals surface area contributed by atoms with E-state index < -0.39 is 22.5 Å². The highest BCUT2D eigenvalue weighted by atomic mass is 35.5. The first-order valence-corrected chi connectivity index (χ1v) is 4.92. The molecule has 0 bridgehead atoms. The fourth-order valence-corrected chi connectivity index (χ4v) is 2.18. The Balaban J connectivity index is 2.90. The van der Waals surface area contributed by atoms with Crippen molar-refractivity contribution in [2.45, 2.75) is 0 Å². The van der Waals surface area contributed by atoms with Crippen LogP contribution in [0.1, 0.15) is 0 Å². The number of hydrogen-bond donors (Lipinski definition) is 0. The predicted octanol–water partition coefficient (Wildman–Crippen LogP) is 3.38. The minimum absolute atomic E-state index is 0.0933. The lowest BCUT2D eigenvalue weighted by Gasteiger charge is -1.98. The molecule has 0 spiro atoms. The fraction of sp³-hybridized carbons (Fsp3) is 0.125. The number of fused-ring (bicyclic) bond motifs is 1. The summed E-state index contributed by atoms with van der Waals surface area (Å²) in [5.41, 5.74) is -0.130. The predicted molar refractivity (Wildman–Crippen MR) is 51.1 cm³/mol. The summed E-state index contributed by atoms with van der Waals surface area (Å²) in [4.78, 5) is 3.71. The number of aromatic nitrogens is 1. The lowest BCUT2D eigenvalue weighted by Crippen LogP contribution is -1.92. The Labute approximate surface area is 91.3 Å². The summed E-state index contributed by atoms with van der Waals surface area (Å²) in [5, 5.41) is -0.445. The molecule has 2 aromatic rings. The van der Waals surface area contributed by atoms with E-state index in [4.69, 9.17) is 16.3 Å². The van der Waals surface area contributed by atoms with E-state index in [2.05, 4.69) is 4.98 Å². The third kappa shape index (κ3) is 1.44. The number of nitrogens with zero attached hydrogens (tertiary/aromatic N) is 1. The number of rotatable bonds is 1. The Morgan fingerprint density at radius 2 is 1.87 bits per heavy atom. The van der Waals surface area contributed by atoms with Gasteiger partial charge >= 0.3 is 0 Å². The Morgan fingerprint density at radius 1 is 1.20 bits per heavy atom. The average Bonchev–Trinajstić information content (AvgIpc) is 2.67. The van der Waals surface area contributed by atoms with Crippen molar-refractivity contribution in [1.29, 1.82) is 0 Å². The lowest BCUT2D eigenvalue weighted by atomic mass is 10.3. The van der Waals surface area contributed by atoms with Crippen LogP contribution in [0.2, 0.25) is 5.02 Å². The molecule has 0 aliphatic rings. The SMILES string of the molecule is COc1nc2c(Cl)c(F)c(F)c(F)c2s1. The van der Waals surface area contributed by atoms with Gasteiger partial charge in [0.1, 0.15) is 10.5 Å². The van der Waals surface area contributed by atoms with E-state index in [1.54, 1.807) is 0 Å². The van der Waals surface area contributed by atoms with E-state index >= 15 is 0 Å². The van der Waals surface area contributed by atoms with Gasteiger partial charge in [0.2, 0.25) is 0 Å². The van der Waals surface area contributed by atoms with Gasteiger partial charge in [-0.1, -0.05) is 22.9 Å². The largest absolute Gasteiger partial charge is 0.473 e. The molecule has 1 aromatic carbocycles. The summed E-state index contributed by atoms with van der Waals surface area (Å²) in [6, 6.07) is 0. The highest BCUT2D eigenvalue weighted by molar-refractivity contribution is 7.20. The first-order chi connectivity index (χ1) is 7.06. The highest BCUT2D eigenvalue weighted by Gasteiger charge is 2.22. The van der Waals surface area contributed by atoms with E-state index in [0.717, 1.165) is 11.3 Å². The monoisotopic (exact) mass is 253 g/mol. The van der Waals surface area contributed by atoms with Crippen molar-refractivity contribution in [2.75, 3.05) is 7.11 Å². The summed E-state index contributed by atoms with van der Waals surface area (Å²) in [5.74, 6) is -4.33. The molecule has 0 fully saturated rings. The highest BCUT2D eigenvalue weighted by Crippen LogP contribution is 2.37. The summed E-state index contributed by atoms with van der Waals surface area (Å²) in [7, 11) is 1.32. The molecule has 2 nitrogen and oxygen atoms in total. The van der Waals surface area contributed by atoms with Crippen molar-refractivity contribution in [3.8, 4) is 5.19 Å². The van der Waals surface area contributed by atoms with Crippen molar-refractivity contribution in [3.63, 3.8) is 0 Å². The van der Waals surface area contributed by atoms with Gasteiger partial charge < -0.3 is 4.74 Å². The van der Waals surface area contributed by atoms with Crippen LogP contribution in [0.5, 0.6) is 5.19 Å². The molecule has 0 aliphatic heterocycles. The van der Waals surface area contributed by atoms with Crippen molar-refractivity contribution in [3.05, 3.63) is 22.5 Å². The third-order valence-electron chi connectivity index (χ3n) is 1.77. The molecule has 0 unspecified atom stereocenters. The van der Waals surface area contributed by atoms with Crippen molar-refractivity contribution in [2.24, 2.45) is 0 Å². The number of methoxy groups -OCH3 is 1. The van der Waals surface area contributed by atoms with Gasteiger partial charge in [0.05, 0.1) is 11.8 Å². The molecule has 1 aromatic heterocycles. The molecule has 1 heterocycles. The quantitative estimate of drug-likeness (QED) is 0.574. The molecule has 80 valence electrons. The van der Waals surface area contributed by atoms with Gasteiger partial charge in [0, 0.05) is 0 Å². The van der Waals surface area contributed by atoms with Crippen LogP contribution in [-0.2, 0) is 0 Å². The second-order valence-corrected chi connectivity index (χ2v) is 3.96. The molecule has 0 amide bonds. The number of benzene rings is 1. The zero-order valence-corrected chi connectivity index (χ0v) is 8.85. The van der Waals surface area contributed by atoms with Crippen LogP contribution in [0, 0.1) is 17.5 Å². The van der Waals surface area contributed by atoms with Gasteiger partial charge in [0.25, 0.3) is 5.19 Å². The Bertz CT molecular complexity index is 497. The summed E-state index contributed by atoms with van der Waals surface area (Å²) >= 11 is 6.24. The normalized spacial score (nSPS) is 11.0. The van der Waals surface area contributed by atoms with Crippen molar-refractivity contribution < 1.29 is 17.9 Å². The maximum absolute atomic E-state index is 13.2.